The van der Waals surface area contributed by atoms with Crippen molar-refractivity contribution in [1.29, 1.82) is 0 Å². The Labute approximate surface area is 184 Å². The molecule has 8 heteroatoms. The third-order valence-corrected chi connectivity index (χ3v) is 4.87. The molecule has 0 aliphatic carbocycles. The Balaban J connectivity index is 1.90. The number of fused-ring (bicyclic) bond motifs is 1. The number of nitrogen functional groups attached to an aromatic ring is 1. The zero-order chi connectivity index (χ0) is 22.7. The number of nitrogens with two attached hydrogens (primary N) is 1. The number of amides is 1. The molecule has 3 N–H and O–H groups in total. The van der Waals surface area contributed by atoms with Crippen molar-refractivity contribution >= 4 is 22.6 Å². The summed E-state index contributed by atoms with van der Waals surface area (Å²) in [5.41, 5.74) is 7.25. The maximum atomic E-state index is 13.7. The van der Waals surface area contributed by atoms with Crippen LogP contribution in [0.4, 0.5) is 5.82 Å². The molecule has 1 amide bonds. The van der Waals surface area contributed by atoms with Crippen molar-refractivity contribution in [2.45, 2.75) is 19.9 Å². The Morgan fingerprint density at radius 1 is 1.09 bits per heavy atom. The highest BCUT2D eigenvalue weighted by Gasteiger charge is 2.22. The maximum Gasteiger partial charge on any atom is 0.274 e. The molecule has 0 spiro atoms. The number of carbonyl (C=O) groups is 1. The van der Waals surface area contributed by atoms with Crippen molar-refractivity contribution < 1.29 is 4.79 Å². The number of nitrogens with one attached hydrogen (secondary N) is 1. The Morgan fingerprint density at radius 3 is 2.56 bits per heavy atom. The van der Waals surface area contributed by atoms with E-state index in [0.29, 0.717) is 28.0 Å². The summed E-state index contributed by atoms with van der Waals surface area (Å²) >= 11 is 0. The van der Waals surface area contributed by atoms with Gasteiger partial charge in [0.1, 0.15) is 5.82 Å². The van der Waals surface area contributed by atoms with Gasteiger partial charge in [0.15, 0.2) is 11.5 Å². The summed E-state index contributed by atoms with van der Waals surface area (Å²) in [6.45, 7) is 3.46. The van der Waals surface area contributed by atoms with E-state index in [4.69, 9.17) is 10.7 Å². The average molecular weight is 424 g/mol. The maximum absolute atomic E-state index is 13.7. The molecule has 0 unspecified atom stereocenters. The molecule has 8 nitrogen and oxygen atoms in total. The highest BCUT2D eigenvalue weighted by molar-refractivity contribution is 5.96. The fraction of sp³-hybridized carbons (Fsp3) is 0.125. The zero-order valence-corrected chi connectivity index (χ0v) is 17.5. The normalized spacial score (nSPS) is 11.4. The van der Waals surface area contributed by atoms with E-state index in [9.17, 15) is 9.59 Å². The van der Waals surface area contributed by atoms with Crippen molar-refractivity contribution in [3.8, 4) is 17.5 Å². The third-order valence-electron chi connectivity index (χ3n) is 4.87. The van der Waals surface area contributed by atoms with E-state index in [-0.39, 0.29) is 17.1 Å². The first-order valence-electron chi connectivity index (χ1n) is 9.92. The van der Waals surface area contributed by atoms with Crippen LogP contribution in [-0.2, 0) is 0 Å². The van der Waals surface area contributed by atoms with Crippen LogP contribution in [0, 0.1) is 11.8 Å². The van der Waals surface area contributed by atoms with Gasteiger partial charge in [-0.1, -0.05) is 30.2 Å². The fourth-order valence-corrected chi connectivity index (χ4v) is 3.46. The Kier molecular flexibility index (Phi) is 5.64. The number of hydrogen-bond donors (Lipinski definition) is 2. The number of anilines is 1. The Hall–Kier alpha value is -4.51. The molecular formula is C24H20N6O2. The minimum atomic E-state index is -0.637. The van der Waals surface area contributed by atoms with E-state index in [1.54, 1.807) is 32.0 Å². The van der Waals surface area contributed by atoms with E-state index < -0.39 is 11.9 Å². The van der Waals surface area contributed by atoms with Crippen molar-refractivity contribution in [3.63, 3.8) is 0 Å². The van der Waals surface area contributed by atoms with Gasteiger partial charge in [-0.2, -0.15) is 0 Å². The molecule has 1 atom stereocenters. The monoisotopic (exact) mass is 424 g/mol. The number of benzene rings is 2. The molecule has 0 aliphatic heterocycles. The summed E-state index contributed by atoms with van der Waals surface area (Å²) in [6.07, 6.45) is 2.80. The molecule has 2 aromatic carbocycles. The Bertz CT molecular complexity index is 1430. The molecule has 0 saturated heterocycles. The second kappa shape index (κ2) is 8.70. The molecule has 32 heavy (non-hydrogen) atoms. The smallest absolute Gasteiger partial charge is 0.274 e. The van der Waals surface area contributed by atoms with Gasteiger partial charge in [0.05, 0.1) is 22.6 Å². The van der Waals surface area contributed by atoms with Crippen LogP contribution in [0.1, 0.15) is 41.8 Å². The second-order valence-corrected chi connectivity index (χ2v) is 7.01. The number of carbonyl (C=O) groups excluding carboxylic acids is 1. The second-order valence-electron chi connectivity index (χ2n) is 7.01. The lowest BCUT2D eigenvalue weighted by Crippen LogP contribution is -2.34. The van der Waals surface area contributed by atoms with Gasteiger partial charge in [-0.15, -0.1) is 5.92 Å². The lowest BCUT2D eigenvalue weighted by Gasteiger charge is -2.20. The predicted octanol–water partition coefficient (Wildman–Crippen LogP) is 2.62. The van der Waals surface area contributed by atoms with E-state index >= 15 is 0 Å². The van der Waals surface area contributed by atoms with E-state index in [0.717, 1.165) is 0 Å². The van der Waals surface area contributed by atoms with Gasteiger partial charge >= 0.3 is 0 Å². The van der Waals surface area contributed by atoms with Gasteiger partial charge in [-0.05, 0) is 38.1 Å². The summed E-state index contributed by atoms with van der Waals surface area (Å²) in [6, 6.07) is 13.8. The lowest BCUT2D eigenvalue weighted by molar-refractivity contribution is 0.0933. The number of para-hydroxylation sites is 1. The van der Waals surface area contributed by atoms with Crippen LogP contribution in [0.3, 0.4) is 0 Å². The first-order chi connectivity index (χ1) is 15.5. The van der Waals surface area contributed by atoms with Crippen LogP contribution in [0.15, 0.2) is 65.7 Å². The van der Waals surface area contributed by atoms with Crippen molar-refractivity contribution in [2.24, 2.45) is 0 Å². The highest BCUT2D eigenvalue weighted by Crippen LogP contribution is 2.20. The van der Waals surface area contributed by atoms with Crippen LogP contribution in [0.2, 0.25) is 0 Å². The number of nitrogens with zero attached hydrogens (tertiary/aromatic N) is 4. The van der Waals surface area contributed by atoms with Gasteiger partial charge < -0.3 is 11.1 Å². The Morgan fingerprint density at radius 2 is 1.84 bits per heavy atom. The molecule has 4 rings (SSSR count). The first kappa shape index (κ1) is 20.8. The van der Waals surface area contributed by atoms with Crippen LogP contribution in [0.5, 0.6) is 0 Å². The minimum Gasteiger partial charge on any atom is -0.382 e. The van der Waals surface area contributed by atoms with Gasteiger partial charge in [-0.25, -0.2) is 15.0 Å². The van der Waals surface area contributed by atoms with Gasteiger partial charge in [-0.3, -0.25) is 14.2 Å². The quantitative estimate of drug-likeness (QED) is 0.487. The molecule has 4 aromatic rings. The largest absolute Gasteiger partial charge is 0.382 e. The summed E-state index contributed by atoms with van der Waals surface area (Å²) < 4.78 is 1.49. The average Bonchev–Trinajstić information content (AvgIpc) is 2.80. The summed E-state index contributed by atoms with van der Waals surface area (Å²) in [5.74, 6) is 5.69. The molecule has 158 valence electrons. The summed E-state index contributed by atoms with van der Waals surface area (Å²) in [7, 11) is 0. The third kappa shape index (κ3) is 3.79. The van der Waals surface area contributed by atoms with Crippen LogP contribution >= 0.6 is 0 Å². The predicted molar refractivity (Wildman–Crippen MR) is 122 cm³/mol. The minimum absolute atomic E-state index is 0.00857. The van der Waals surface area contributed by atoms with Crippen molar-refractivity contribution in [2.75, 3.05) is 5.73 Å². The van der Waals surface area contributed by atoms with Gasteiger partial charge in [0.2, 0.25) is 0 Å². The molecule has 2 aromatic heterocycles. The molecule has 0 saturated carbocycles. The highest BCUT2D eigenvalue weighted by atomic mass is 16.2. The van der Waals surface area contributed by atoms with E-state index in [1.165, 1.54) is 17.0 Å². The fourth-order valence-electron chi connectivity index (χ4n) is 3.46. The molecule has 2 heterocycles. The molecule has 0 bridgehead atoms. The number of rotatable bonds is 4. The summed E-state index contributed by atoms with van der Waals surface area (Å²) in [4.78, 5) is 39.1. The topological polar surface area (TPSA) is 116 Å². The van der Waals surface area contributed by atoms with Crippen LogP contribution < -0.4 is 16.6 Å². The standard InChI is InChI=1S/C24H20N6O2/c1-3-8-16-9-7-12-18-19(16)24(32)30(17-10-5-4-6-11-17)22(29-18)15(2)28-23(31)20-21(25)27-14-13-26-20/h4-7,9-15H,1-2H3,(H2,25,27)(H,28,31)/t15-/m0/s1. The molecular weight excluding hydrogens is 404 g/mol. The molecule has 0 fully saturated rings. The van der Waals surface area contributed by atoms with E-state index in [1.807, 2.05) is 30.3 Å². The van der Waals surface area contributed by atoms with Crippen LogP contribution in [0.25, 0.3) is 16.6 Å². The van der Waals surface area contributed by atoms with Crippen molar-refractivity contribution in [1.82, 2.24) is 24.8 Å². The van der Waals surface area contributed by atoms with E-state index in [2.05, 4.69) is 27.1 Å². The van der Waals surface area contributed by atoms with Crippen LogP contribution in [-0.4, -0.2) is 25.4 Å². The SMILES string of the molecule is CC#Cc1cccc2nc([C@H](C)NC(=O)c3nccnc3N)n(-c3ccccc3)c(=O)c12. The van der Waals surface area contributed by atoms with Gasteiger partial charge in [0.25, 0.3) is 11.5 Å². The molecule has 0 aliphatic rings. The lowest BCUT2D eigenvalue weighted by atomic mass is 10.1. The van der Waals surface area contributed by atoms with Gasteiger partial charge in [0, 0.05) is 18.0 Å². The van der Waals surface area contributed by atoms with Crippen molar-refractivity contribution in [3.05, 3.63) is 88.4 Å². The molecule has 0 radical (unpaired) electrons. The zero-order valence-electron chi connectivity index (χ0n) is 17.5. The number of hydrogen-bond acceptors (Lipinski definition) is 6. The summed E-state index contributed by atoms with van der Waals surface area (Å²) in [5, 5.41) is 3.25. The number of aromatic nitrogens is 4. The first-order valence-corrected chi connectivity index (χ1v) is 9.92.